The molecule has 206 valence electrons. The van der Waals surface area contributed by atoms with Crippen LogP contribution < -0.4 is 10.2 Å². The second-order valence-electron chi connectivity index (χ2n) is 12.2. The van der Waals surface area contributed by atoms with Gasteiger partial charge in [0, 0.05) is 22.2 Å². The summed E-state index contributed by atoms with van der Waals surface area (Å²) in [5.74, 6) is 1.23. The van der Waals surface area contributed by atoms with Crippen molar-refractivity contribution < 1.29 is 4.79 Å². The summed E-state index contributed by atoms with van der Waals surface area (Å²) in [7, 11) is 0. The Morgan fingerprint density at radius 3 is 1.52 bits per heavy atom. The lowest BCUT2D eigenvalue weighted by atomic mass is 9.91. The van der Waals surface area contributed by atoms with E-state index in [0.717, 1.165) is 40.3 Å². The van der Waals surface area contributed by atoms with Crippen LogP contribution in [0.4, 0.5) is 11.4 Å². The maximum absolute atomic E-state index is 13.3. The van der Waals surface area contributed by atoms with Crippen LogP contribution in [0.5, 0.6) is 0 Å². The highest BCUT2D eigenvalue weighted by molar-refractivity contribution is 6.21. The van der Waals surface area contributed by atoms with Crippen LogP contribution in [0.1, 0.15) is 112 Å². The zero-order valence-electron chi connectivity index (χ0n) is 25.2. The van der Waals surface area contributed by atoms with E-state index in [0.29, 0.717) is 11.8 Å². The maximum Gasteiger partial charge on any atom is 0.218 e. The molecule has 0 spiro atoms. The second-order valence-corrected chi connectivity index (χ2v) is 12.2. The number of hydrogen-bond acceptors (Lipinski definition) is 2. The van der Waals surface area contributed by atoms with Gasteiger partial charge in [-0.15, -0.1) is 0 Å². The normalized spacial score (nSPS) is 12.9. The Labute approximate surface area is 239 Å². The highest BCUT2D eigenvalue weighted by Gasteiger charge is 2.32. The summed E-state index contributed by atoms with van der Waals surface area (Å²) in [5, 5.41) is 6.33. The van der Waals surface area contributed by atoms with E-state index in [-0.39, 0.29) is 11.8 Å². The second kappa shape index (κ2) is 11.0. The fourth-order valence-corrected chi connectivity index (χ4v) is 6.21. The van der Waals surface area contributed by atoms with Crippen molar-refractivity contribution in [3.8, 4) is 0 Å². The number of hydrogen-bond donors (Lipinski definition) is 1. The Morgan fingerprint density at radius 1 is 0.600 bits per heavy atom. The first-order valence-electron chi connectivity index (χ1n) is 14.7. The molecule has 0 fully saturated rings. The third-order valence-corrected chi connectivity index (χ3v) is 8.22. The van der Waals surface area contributed by atoms with Crippen molar-refractivity contribution in [2.45, 2.75) is 79.1 Å². The monoisotopic (exact) mass is 530 g/mol. The van der Waals surface area contributed by atoms with Crippen molar-refractivity contribution in [2.24, 2.45) is 0 Å². The van der Waals surface area contributed by atoms with Gasteiger partial charge in [-0.2, -0.15) is 0 Å². The van der Waals surface area contributed by atoms with Crippen LogP contribution in [-0.2, 0) is 4.79 Å². The van der Waals surface area contributed by atoms with Crippen molar-refractivity contribution in [1.29, 1.82) is 0 Å². The molecule has 0 aromatic heterocycles. The quantitative estimate of drug-likeness (QED) is 0.218. The molecule has 0 unspecified atom stereocenters. The first kappa shape index (κ1) is 27.7. The Hall–Kier alpha value is -3.85. The SMILES string of the molecule is CC(C)c1cccc(C(C)C)c1NC1=C(N(C=O)c2c(C(C)C)cccc2C(C)C)c2cccc3cccc1c23. The third kappa shape index (κ3) is 4.62. The van der Waals surface area contributed by atoms with E-state index in [1.165, 1.54) is 33.0 Å². The van der Waals surface area contributed by atoms with E-state index >= 15 is 0 Å². The zero-order chi connectivity index (χ0) is 28.7. The van der Waals surface area contributed by atoms with E-state index < -0.39 is 0 Å². The summed E-state index contributed by atoms with van der Waals surface area (Å²) < 4.78 is 0. The number of amides is 1. The summed E-state index contributed by atoms with van der Waals surface area (Å²) >= 11 is 0. The Balaban J connectivity index is 1.86. The molecule has 0 heterocycles. The molecule has 4 aromatic rings. The first-order chi connectivity index (χ1) is 19.1. The van der Waals surface area contributed by atoms with Gasteiger partial charge in [0.1, 0.15) is 0 Å². The lowest BCUT2D eigenvalue weighted by Gasteiger charge is -2.30. The minimum Gasteiger partial charge on any atom is -0.353 e. The van der Waals surface area contributed by atoms with Gasteiger partial charge in [0.05, 0.1) is 17.1 Å². The molecule has 0 aliphatic heterocycles. The van der Waals surface area contributed by atoms with Crippen LogP contribution >= 0.6 is 0 Å². The molecule has 40 heavy (non-hydrogen) atoms. The predicted molar refractivity (Wildman–Crippen MR) is 172 cm³/mol. The van der Waals surface area contributed by atoms with E-state index in [9.17, 15) is 4.79 Å². The van der Waals surface area contributed by atoms with Crippen molar-refractivity contribution in [3.63, 3.8) is 0 Å². The molecule has 0 bridgehead atoms. The highest BCUT2D eigenvalue weighted by Crippen LogP contribution is 2.48. The fraction of sp³-hybridized carbons (Fsp3) is 0.324. The molecule has 3 nitrogen and oxygen atoms in total. The largest absolute Gasteiger partial charge is 0.353 e. The van der Waals surface area contributed by atoms with Crippen LogP contribution in [0, 0.1) is 0 Å². The van der Waals surface area contributed by atoms with Gasteiger partial charge in [0.2, 0.25) is 6.41 Å². The van der Waals surface area contributed by atoms with Gasteiger partial charge < -0.3 is 5.32 Å². The highest BCUT2D eigenvalue weighted by atomic mass is 16.1. The molecule has 1 N–H and O–H groups in total. The van der Waals surface area contributed by atoms with Crippen molar-refractivity contribution in [2.75, 3.05) is 10.2 Å². The smallest absolute Gasteiger partial charge is 0.218 e. The molecule has 4 aromatic carbocycles. The number of rotatable bonds is 9. The van der Waals surface area contributed by atoms with Crippen LogP contribution in [0.3, 0.4) is 0 Å². The van der Waals surface area contributed by atoms with E-state index in [1.54, 1.807) is 0 Å². The number of carbonyl (C=O) groups is 1. The van der Waals surface area contributed by atoms with Crippen LogP contribution in [0.25, 0.3) is 22.2 Å². The zero-order valence-corrected chi connectivity index (χ0v) is 25.2. The number of anilines is 2. The van der Waals surface area contributed by atoms with Gasteiger partial charge in [-0.1, -0.05) is 128 Å². The minimum atomic E-state index is 0.266. The molecular formula is C37H42N2O. The summed E-state index contributed by atoms with van der Waals surface area (Å²) in [5.41, 5.74) is 11.2. The Bertz CT molecular complexity index is 1550. The number of para-hydroxylation sites is 2. The van der Waals surface area contributed by atoms with E-state index in [4.69, 9.17) is 0 Å². The molecule has 0 saturated heterocycles. The molecule has 1 aliphatic carbocycles. The summed E-state index contributed by atoms with van der Waals surface area (Å²) in [6.07, 6.45) is 1.02. The summed E-state index contributed by atoms with van der Waals surface area (Å²) in [6, 6.07) is 26.0. The molecule has 0 radical (unpaired) electrons. The molecule has 1 amide bonds. The standard InChI is InChI=1S/C37H42N2O/c1-22(2)27-15-11-16-28(23(3)4)34(27)38-35-31-19-9-13-26-14-10-20-32(33(26)31)37(35)39(21-40)36-29(24(5)6)17-12-18-30(36)25(7)8/h9-25,38H,1-8H3. The van der Waals surface area contributed by atoms with E-state index in [2.05, 4.69) is 134 Å². The average Bonchev–Trinajstić information content (AvgIpc) is 3.23. The maximum atomic E-state index is 13.3. The summed E-state index contributed by atoms with van der Waals surface area (Å²) in [6.45, 7) is 17.8. The number of nitrogens with one attached hydrogen (secondary N) is 1. The lowest BCUT2D eigenvalue weighted by Crippen LogP contribution is -2.24. The first-order valence-corrected chi connectivity index (χ1v) is 14.7. The van der Waals surface area contributed by atoms with Crippen LogP contribution in [0.2, 0.25) is 0 Å². The Kier molecular flexibility index (Phi) is 7.59. The van der Waals surface area contributed by atoms with E-state index in [1.807, 2.05) is 4.90 Å². The minimum absolute atomic E-state index is 0.266. The van der Waals surface area contributed by atoms with Gasteiger partial charge in [0.15, 0.2) is 0 Å². The van der Waals surface area contributed by atoms with Gasteiger partial charge in [0.25, 0.3) is 0 Å². The lowest BCUT2D eigenvalue weighted by molar-refractivity contribution is -0.106. The van der Waals surface area contributed by atoms with Crippen molar-refractivity contribution >= 4 is 40.0 Å². The van der Waals surface area contributed by atoms with Gasteiger partial charge in [-0.3, -0.25) is 9.69 Å². The number of nitrogens with zero attached hydrogens (tertiary/aromatic N) is 1. The average molecular weight is 531 g/mol. The molecule has 1 aliphatic rings. The number of benzene rings is 4. The predicted octanol–water partition coefficient (Wildman–Crippen LogP) is 10.2. The number of carbonyl (C=O) groups excluding carboxylic acids is 1. The molecule has 0 atom stereocenters. The van der Waals surface area contributed by atoms with Gasteiger partial charge >= 0.3 is 0 Å². The van der Waals surface area contributed by atoms with Crippen LogP contribution in [0.15, 0.2) is 72.8 Å². The topological polar surface area (TPSA) is 32.3 Å². The summed E-state index contributed by atoms with van der Waals surface area (Å²) in [4.78, 5) is 15.3. The van der Waals surface area contributed by atoms with Crippen LogP contribution in [-0.4, -0.2) is 6.41 Å². The third-order valence-electron chi connectivity index (χ3n) is 8.22. The van der Waals surface area contributed by atoms with Crippen molar-refractivity contribution in [1.82, 2.24) is 0 Å². The molecular weight excluding hydrogens is 488 g/mol. The molecule has 0 saturated carbocycles. The van der Waals surface area contributed by atoms with Crippen molar-refractivity contribution in [3.05, 3.63) is 106 Å². The van der Waals surface area contributed by atoms with Gasteiger partial charge in [-0.05, 0) is 51.3 Å². The van der Waals surface area contributed by atoms with Gasteiger partial charge in [-0.25, -0.2) is 0 Å². The fourth-order valence-electron chi connectivity index (χ4n) is 6.21. The molecule has 3 heteroatoms. The molecule has 5 rings (SSSR count). The Morgan fingerprint density at radius 2 is 1.05 bits per heavy atom.